The zero-order chi connectivity index (χ0) is 15.6. The summed E-state index contributed by atoms with van der Waals surface area (Å²) in [5.74, 6) is -1.40. The Labute approximate surface area is 125 Å². The first-order valence-corrected chi connectivity index (χ1v) is 7.59. The Morgan fingerprint density at radius 3 is 2.29 bits per heavy atom. The number of rotatable bonds is 4. The van der Waals surface area contributed by atoms with Crippen molar-refractivity contribution in [2.24, 2.45) is 5.14 Å². The molecule has 0 spiro atoms. The molecule has 0 aliphatic rings. The number of hydrogen-bond acceptors (Lipinski definition) is 3. The fourth-order valence-corrected chi connectivity index (χ4v) is 2.44. The molecule has 2 aromatic carbocycles. The number of hydrogen-bond donors (Lipinski definition) is 1. The summed E-state index contributed by atoms with van der Waals surface area (Å²) in [4.78, 5) is -0.183. The fourth-order valence-electron chi connectivity index (χ4n) is 1.60. The van der Waals surface area contributed by atoms with Crippen molar-refractivity contribution in [3.05, 3.63) is 58.6 Å². The number of benzene rings is 2. The Balaban J connectivity index is 2.22. The van der Waals surface area contributed by atoms with E-state index in [1.54, 1.807) is 0 Å². The maximum Gasteiger partial charge on any atom is 0.238 e. The van der Waals surface area contributed by atoms with Crippen LogP contribution in [0.15, 0.2) is 41.3 Å². The lowest BCUT2D eigenvalue weighted by Gasteiger charge is -2.10. The van der Waals surface area contributed by atoms with Crippen LogP contribution in [0.3, 0.4) is 0 Å². The number of primary sulfonamides is 1. The molecular weight excluding hydrogens is 324 g/mol. The van der Waals surface area contributed by atoms with E-state index in [0.29, 0.717) is 0 Å². The largest absolute Gasteiger partial charge is 0.487 e. The van der Waals surface area contributed by atoms with Gasteiger partial charge in [0.1, 0.15) is 24.0 Å². The lowest BCUT2D eigenvalue weighted by atomic mass is 10.2. The van der Waals surface area contributed by atoms with Gasteiger partial charge in [0, 0.05) is 0 Å². The molecule has 0 aliphatic carbocycles. The van der Waals surface area contributed by atoms with Crippen LogP contribution in [0.1, 0.15) is 5.56 Å². The van der Waals surface area contributed by atoms with Gasteiger partial charge in [0.25, 0.3) is 0 Å². The molecular formula is C13H10ClF2NO3S. The van der Waals surface area contributed by atoms with Crippen LogP contribution >= 0.6 is 11.6 Å². The maximum atomic E-state index is 13.4. The molecule has 8 heteroatoms. The quantitative estimate of drug-likeness (QED) is 0.935. The highest BCUT2D eigenvalue weighted by Gasteiger charge is 2.13. The Kier molecular flexibility index (Phi) is 4.46. The molecule has 0 atom stereocenters. The summed E-state index contributed by atoms with van der Waals surface area (Å²) in [6.45, 7) is -0.382. The molecule has 4 nitrogen and oxygen atoms in total. The van der Waals surface area contributed by atoms with E-state index in [-0.39, 0.29) is 27.8 Å². The van der Waals surface area contributed by atoms with Crippen molar-refractivity contribution in [3.63, 3.8) is 0 Å². The predicted octanol–water partition coefficient (Wildman–Crippen LogP) is 2.84. The smallest absolute Gasteiger partial charge is 0.238 e. The van der Waals surface area contributed by atoms with E-state index in [0.717, 1.165) is 18.2 Å². The minimum absolute atomic E-state index is 0.0294. The van der Waals surface area contributed by atoms with Crippen LogP contribution in [0.4, 0.5) is 8.78 Å². The van der Waals surface area contributed by atoms with Crippen LogP contribution in [-0.4, -0.2) is 8.42 Å². The third-order valence-electron chi connectivity index (χ3n) is 2.67. The van der Waals surface area contributed by atoms with Crippen LogP contribution in [0, 0.1) is 11.6 Å². The van der Waals surface area contributed by atoms with Gasteiger partial charge in [-0.1, -0.05) is 17.7 Å². The first-order valence-electron chi connectivity index (χ1n) is 5.67. The van der Waals surface area contributed by atoms with Gasteiger partial charge in [-0.15, -0.1) is 0 Å². The van der Waals surface area contributed by atoms with Crippen molar-refractivity contribution >= 4 is 21.6 Å². The van der Waals surface area contributed by atoms with E-state index >= 15 is 0 Å². The van der Waals surface area contributed by atoms with E-state index in [1.807, 2.05) is 0 Å². The normalized spacial score (nSPS) is 11.4. The van der Waals surface area contributed by atoms with Gasteiger partial charge in [0.05, 0.1) is 15.5 Å². The van der Waals surface area contributed by atoms with Gasteiger partial charge < -0.3 is 4.74 Å². The summed E-state index contributed by atoms with van der Waals surface area (Å²) in [7, 11) is -3.88. The molecule has 112 valence electrons. The number of nitrogens with two attached hydrogens (primary N) is 1. The summed E-state index contributed by atoms with van der Waals surface area (Å²) in [6, 6.07) is 7.00. The van der Waals surface area contributed by atoms with Crippen molar-refractivity contribution in [2.45, 2.75) is 11.5 Å². The topological polar surface area (TPSA) is 69.4 Å². The van der Waals surface area contributed by atoms with Crippen molar-refractivity contribution < 1.29 is 21.9 Å². The Hall–Kier alpha value is -1.70. The minimum Gasteiger partial charge on any atom is -0.487 e. The molecule has 2 N–H and O–H groups in total. The molecule has 0 heterocycles. The fraction of sp³-hybridized carbons (Fsp3) is 0.0769. The first-order chi connectivity index (χ1) is 9.79. The summed E-state index contributed by atoms with van der Waals surface area (Å²) in [6.07, 6.45) is 0. The van der Waals surface area contributed by atoms with Crippen molar-refractivity contribution in [1.29, 1.82) is 0 Å². The minimum atomic E-state index is -3.88. The van der Waals surface area contributed by atoms with Gasteiger partial charge in [-0.25, -0.2) is 22.3 Å². The van der Waals surface area contributed by atoms with Crippen LogP contribution in [0.5, 0.6) is 5.75 Å². The average Bonchev–Trinajstić information content (AvgIpc) is 2.38. The molecule has 0 radical (unpaired) electrons. The third kappa shape index (κ3) is 3.69. The van der Waals surface area contributed by atoms with Gasteiger partial charge in [-0.05, 0) is 30.3 Å². The average molecular weight is 334 g/mol. The van der Waals surface area contributed by atoms with E-state index in [9.17, 15) is 17.2 Å². The molecule has 0 aliphatic heterocycles. The molecule has 0 unspecified atom stereocenters. The zero-order valence-corrected chi connectivity index (χ0v) is 12.1. The van der Waals surface area contributed by atoms with Crippen LogP contribution in [0.2, 0.25) is 5.02 Å². The lowest BCUT2D eigenvalue weighted by Crippen LogP contribution is -2.12. The monoisotopic (exact) mass is 333 g/mol. The Bertz CT molecular complexity index is 761. The van der Waals surface area contributed by atoms with Crippen molar-refractivity contribution in [1.82, 2.24) is 0 Å². The molecule has 0 fully saturated rings. The second-order valence-corrected chi connectivity index (χ2v) is 6.09. The summed E-state index contributed by atoms with van der Waals surface area (Å²) in [5.41, 5.74) is -0.246. The summed E-state index contributed by atoms with van der Waals surface area (Å²) in [5, 5.41) is 4.92. The molecule has 0 aromatic heterocycles. The highest BCUT2D eigenvalue weighted by molar-refractivity contribution is 7.89. The Morgan fingerprint density at radius 2 is 1.76 bits per heavy atom. The molecule has 21 heavy (non-hydrogen) atoms. The Morgan fingerprint density at radius 1 is 1.14 bits per heavy atom. The van der Waals surface area contributed by atoms with Gasteiger partial charge in [0.15, 0.2) is 0 Å². The van der Waals surface area contributed by atoms with E-state index in [2.05, 4.69) is 0 Å². The number of halogens is 3. The molecule has 0 saturated carbocycles. The highest BCUT2D eigenvalue weighted by Crippen LogP contribution is 2.28. The van der Waals surface area contributed by atoms with Crippen molar-refractivity contribution in [2.75, 3.05) is 0 Å². The molecule has 0 saturated heterocycles. The second kappa shape index (κ2) is 5.97. The standard InChI is InChI=1S/C13H10ClF2NO3S/c14-10-6-8(21(17,18)19)4-5-13(10)20-7-9-11(15)2-1-3-12(9)16/h1-6H,7H2,(H2,17,18,19). The maximum absolute atomic E-state index is 13.4. The predicted molar refractivity (Wildman–Crippen MR) is 73.5 cm³/mol. The molecule has 0 bridgehead atoms. The van der Waals surface area contributed by atoms with E-state index < -0.39 is 21.7 Å². The number of ether oxygens (including phenoxy) is 1. The van der Waals surface area contributed by atoms with Crippen molar-refractivity contribution in [3.8, 4) is 5.75 Å². The number of sulfonamides is 1. The summed E-state index contributed by atoms with van der Waals surface area (Å²) < 4.78 is 54.3. The van der Waals surface area contributed by atoms with Gasteiger partial charge in [-0.3, -0.25) is 0 Å². The van der Waals surface area contributed by atoms with Gasteiger partial charge in [0.2, 0.25) is 10.0 Å². The second-order valence-electron chi connectivity index (χ2n) is 4.13. The van der Waals surface area contributed by atoms with Crippen LogP contribution < -0.4 is 9.88 Å². The first kappa shape index (κ1) is 15.7. The lowest BCUT2D eigenvalue weighted by molar-refractivity contribution is 0.292. The van der Waals surface area contributed by atoms with Crippen LogP contribution in [-0.2, 0) is 16.6 Å². The van der Waals surface area contributed by atoms with Gasteiger partial charge >= 0.3 is 0 Å². The van der Waals surface area contributed by atoms with Crippen LogP contribution in [0.25, 0.3) is 0 Å². The molecule has 0 amide bonds. The summed E-state index contributed by atoms with van der Waals surface area (Å²) >= 11 is 5.85. The van der Waals surface area contributed by atoms with E-state index in [1.165, 1.54) is 18.2 Å². The SMILES string of the molecule is NS(=O)(=O)c1ccc(OCc2c(F)cccc2F)c(Cl)c1. The van der Waals surface area contributed by atoms with E-state index in [4.69, 9.17) is 21.5 Å². The zero-order valence-electron chi connectivity index (χ0n) is 10.5. The third-order valence-corrected chi connectivity index (χ3v) is 3.87. The molecule has 2 rings (SSSR count). The molecule has 2 aromatic rings. The highest BCUT2D eigenvalue weighted by atomic mass is 35.5. The van der Waals surface area contributed by atoms with Gasteiger partial charge in [-0.2, -0.15) is 0 Å².